The fourth-order valence-corrected chi connectivity index (χ4v) is 5.11. The number of halogens is 1. The van der Waals surface area contributed by atoms with E-state index in [0.29, 0.717) is 6.42 Å². The Bertz CT molecular complexity index is 1370. The molecule has 0 amide bonds. The van der Waals surface area contributed by atoms with Gasteiger partial charge in [-0.25, -0.2) is 0 Å². The summed E-state index contributed by atoms with van der Waals surface area (Å²) in [6, 6.07) is 28.9. The minimum atomic E-state index is -0.146. The molecule has 4 aromatic rings. The molecule has 0 fully saturated rings. The van der Waals surface area contributed by atoms with Crippen molar-refractivity contribution >= 4 is 39.1 Å². The second-order valence-electron chi connectivity index (χ2n) is 7.79. The Balaban J connectivity index is 1.65. The van der Waals surface area contributed by atoms with Gasteiger partial charge in [0.2, 0.25) is 0 Å². The Morgan fingerprint density at radius 2 is 1.60 bits per heavy atom. The number of allylic oxidation sites excluding steroid dienone is 2. The van der Waals surface area contributed by atoms with E-state index in [0.717, 1.165) is 50.1 Å². The SMILES string of the molecule is O=C1C2=C(Cc3ccccc31)Oc1ccc3ccccc3c1C2c1ccc(I)cc1. The average Bonchev–Trinajstić information content (AvgIpc) is 2.78. The molecule has 1 atom stereocenters. The van der Waals surface area contributed by atoms with Crippen molar-refractivity contribution in [3.05, 3.63) is 122 Å². The Labute approximate surface area is 188 Å². The molecule has 30 heavy (non-hydrogen) atoms. The number of ether oxygens (including phenoxy) is 1. The Kier molecular flexibility index (Phi) is 4.06. The highest BCUT2D eigenvalue weighted by atomic mass is 127. The molecular weight excluding hydrogens is 483 g/mol. The summed E-state index contributed by atoms with van der Waals surface area (Å²) in [6.45, 7) is 0. The number of rotatable bonds is 1. The largest absolute Gasteiger partial charge is 0.461 e. The molecular formula is C27H17IO2. The van der Waals surface area contributed by atoms with E-state index in [-0.39, 0.29) is 11.7 Å². The fourth-order valence-electron chi connectivity index (χ4n) is 4.75. The number of carbonyl (C=O) groups excluding carboxylic acids is 1. The zero-order valence-corrected chi connectivity index (χ0v) is 18.2. The van der Waals surface area contributed by atoms with Crippen molar-refractivity contribution in [2.45, 2.75) is 12.3 Å². The lowest BCUT2D eigenvalue weighted by Crippen LogP contribution is -2.28. The van der Waals surface area contributed by atoms with E-state index in [1.807, 2.05) is 36.4 Å². The molecule has 4 aromatic carbocycles. The lowest BCUT2D eigenvalue weighted by atomic mass is 9.74. The normalized spacial score (nSPS) is 17.2. The van der Waals surface area contributed by atoms with E-state index in [4.69, 9.17) is 4.74 Å². The second-order valence-corrected chi connectivity index (χ2v) is 9.03. The molecule has 2 aliphatic rings. The molecule has 1 unspecified atom stereocenters. The molecule has 2 nitrogen and oxygen atoms in total. The van der Waals surface area contributed by atoms with Crippen LogP contribution in [0.2, 0.25) is 0 Å². The van der Waals surface area contributed by atoms with Gasteiger partial charge in [-0.2, -0.15) is 0 Å². The van der Waals surface area contributed by atoms with E-state index in [1.165, 1.54) is 3.57 Å². The van der Waals surface area contributed by atoms with Crippen LogP contribution in [0, 0.1) is 3.57 Å². The standard InChI is InChI=1S/C27H17IO2/c28-19-12-9-17(10-13-19)24-25-20-7-3-1-5-16(20)11-14-22(25)30-23-15-18-6-2-4-8-21(18)27(29)26(23)24/h1-14,24H,15H2. The minimum absolute atomic E-state index is 0.0778. The minimum Gasteiger partial charge on any atom is -0.461 e. The van der Waals surface area contributed by atoms with Crippen LogP contribution in [0.1, 0.15) is 33.0 Å². The van der Waals surface area contributed by atoms with Crippen LogP contribution in [-0.4, -0.2) is 5.78 Å². The maximum Gasteiger partial charge on any atom is 0.193 e. The maximum absolute atomic E-state index is 13.7. The molecule has 0 saturated heterocycles. The molecule has 1 aliphatic carbocycles. The predicted molar refractivity (Wildman–Crippen MR) is 127 cm³/mol. The molecule has 0 saturated carbocycles. The summed E-state index contributed by atoms with van der Waals surface area (Å²) in [5.41, 5.74) is 4.81. The van der Waals surface area contributed by atoms with Crippen LogP contribution in [0.4, 0.5) is 0 Å². The quantitative estimate of drug-likeness (QED) is 0.273. The van der Waals surface area contributed by atoms with Gasteiger partial charge < -0.3 is 4.74 Å². The first-order valence-corrected chi connectivity index (χ1v) is 11.1. The van der Waals surface area contributed by atoms with Gasteiger partial charge in [-0.3, -0.25) is 4.79 Å². The zero-order chi connectivity index (χ0) is 20.2. The third kappa shape index (κ3) is 2.65. The summed E-state index contributed by atoms with van der Waals surface area (Å²) >= 11 is 2.32. The fraction of sp³-hybridized carbons (Fsp3) is 0.0741. The van der Waals surface area contributed by atoms with Crippen LogP contribution in [0.3, 0.4) is 0 Å². The van der Waals surface area contributed by atoms with Crippen molar-refractivity contribution in [1.82, 2.24) is 0 Å². The van der Waals surface area contributed by atoms with Gasteiger partial charge in [-0.15, -0.1) is 0 Å². The average molecular weight is 500 g/mol. The number of ketones is 1. The summed E-state index contributed by atoms with van der Waals surface area (Å²) in [4.78, 5) is 13.7. The number of hydrogen-bond acceptors (Lipinski definition) is 2. The highest BCUT2D eigenvalue weighted by molar-refractivity contribution is 14.1. The van der Waals surface area contributed by atoms with Gasteiger partial charge >= 0.3 is 0 Å². The van der Waals surface area contributed by atoms with Crippen molar-refractivity contribution in [1.29, 1.82) is 0 Å². The topological polar surface area (TPSA) is 26.3 Å². The molecule has 0 N–H and O–H groups in total. The van der Waals surface area contributed by atoms with E-state index in [9.17, 15) is 4.79 Å². The smallest absolute Gasteiger partial charge is 0.193 e. The summed E-state index contributed by atoms with van der Waals surface area (Å²) in [5, 5.41) is 2.29. The monoisotopic (exact) mass is 500 g/mol. The number of hydrogen-bond donors (Lipinski definition) is 0. The first kappa shape index (κ1) is 17.9. The van der Waals surface area contributed by atoms with Gasteiger partial charge in [0, 0.05) is 27.0 Å². The van der Waals surface area contributed by atoms with E-state index in [2.05, 4.69) is 71.1 Å². The van der Waals surface area contributed by atoms with Gasteiger partial charge in [0.05, 0.1) is 5.57 Å². The van der Waals surface area contributed by atoms with Crippen molar-refractivity contribution in [3.63, 3.8) is 0 Å². The molecule has 0 radical (unpaired) electrons. The van der Waals surface area contributed by atoms with Gasteiger partial charge in [0.25, 0.3) is 0 Å². The molecule has 0 bridgehead atoms. The van der Waals surface area contributed by atoms with Gasteiger partial charge in [0.15, 0.2) is 5.78 Å². The number of benzene rings is 4. The molecule has 144 valence electrons. The molecule has 1 aliphatic heterocycles. The highest BCUT2D eigenvalue weighted by Crippen LogP contribution is 2.49. The van der Waals surface area contributed by atoms with E-state index >= 15 is 0 Å². The lowest BCUT2D eigenvalue weighted by Gasteiger charge is -2.34. The maximum atomic E-state index is 13.7. The highest BCUT2D eigenvalue weighted by Gasteiger charge is 2.39. The molecule has 3 heteroatoms. The van der Waals surface area contributed by atoms with Gasteiger partial charge in [0.1, 0.15) is 11.5 Å². The van der Waals surface area contributed by atoms with Gasteiger partial charge in [-0.1, -0.05) is 66.7 Å². The molecule has 6 rings (SSSR count). The second kappa shape index (κ2) is 6.81. The first-order chi connectivity index (χ1) is 14.7. The third-order valence-electron chi connectivity index (χ3n) is 6.10. The van der Waals surface area contributed by atoms with Crippen molar-refractivity contribution in [2.75, 3.05) is 0 Å². The van der Waals surface area contributed by atoms with E-state index < -0.39 is 0 Å². The summed E-state index contributed by atoms with van der Waals surface area (Å²) < 4.78 is 7.58. The molecule has 1 heterocycles. The van der Waals surface area contributed by atoms with Crippen LogP contribution < -0.4 is 4.74 Å². The summed E-state index contributed by atoms with van der Waals surface area (Å²) in [7, 11) is 0. The van der Waals surface area contributed by atoms with E-state index in [1.54, 1.807) is 0 Å². The Morgan fingerprint density at radius 1 is 0.833 bits per heavy atom. The van der Waals surface area contributed by atoms with Crippen LogP contribution in [0.15, 0.2) is 96.3 Å². The summed E-state index contributed by atoms with van der Waals surface area (Å²) in [6.07, 6.45) is 0.643. The van der Waals surface area contributed by atoms with Crippen LogP contribution >= 0.6 is 22.6 Å². The summed E-state index contributed by atoms with van der Waals surface area (Å²) in [5.74, 6) is 1.56. The molecule has 0 spiro atoms. The van der Waals surface area contributed by atoms with Crippen molar-refractivity contribution in [3.8, 4) is 5.75 Å². The third-order valence-corrected chi connectivity index (χ3v) is 6.82. The first-order valence-electron chi connectivity index (χ1n) is 10.0. The Hall–Kier alpha value is -2.92. The Morgan fingerprint density at radius 3 is 2.47 bits per heavy atom. The number of fused-ring (bicyclic) bond motifs is 4. The molecule has 0 aromatic heterocycles. The lowest BCUT2D eigenvalue weighted by molar-refractivity contribution is 0.101. The number of carbonyl (C=O) groups is 1. The van der Waals surface area contributed by atoms with Gasteiger partial charge in [-0.05, 0) is 62.7 Å². The van der Waals surface area contributed by atoms with Crippen LogP contribution in [-0.2, 0) is 6.42 Å². The van der Waals surface area contributed by atoms with Crippen LogP contribution in [0.25, 0.3) is 10.8 Å². The number of Topliss-reactive ketones (excluding diaryl/α,β-unsaturated/α-hetero) is 1. The van der Waals surface area contributed by atoms with Crippen molar-refractivity contribution in [2.24, 2.45) is 0 Å². The van der Waals surface area contributed by atoms with Crippen LogP contribution in [0.5, 0.6) is 5.75 Å². The van der Waals surface area contributed by atoms with Crippen molar-refractivity contribution < 1.29 is 9.53 Å². The zero-order valence-electron chi connectivity index (χ0n) is 16.1. The predicted octanol–water partition coefficient (Wildman–Crippen LogP) is 6.66.